The molecule has 1 fully saturated rings. The van der Waals surface area contributed by atoms with Crippen LogP contribution >= 0.6 is 11.3 Å². The molecule has 1 aliphatic rings. The van der Waals surface area contributed by atoms with E-state index in [0.717, 1.165) is 35.7 Å². The summed E-state index contributed by atoms with van der Waals surface area (Å²) in [5, 5.41) is 9.66. The number of carbonyl (C=O) groups is 1. The number of ether oxygens (including phenoxy) is 1. The van der Waals surface area contributed by atoms with Crippen LogP contribution in [0.15, 0.2) is 53.9 Å². The van der Waals surface area contributed by atoms with Crippen molar-refractivity contribution in [1.29, 1.82) is 0 Å². The van der Waals surface area contributed by atoms with E-state index in [1.165, 1.54) is 0 Å². The van der Waals surface area contributed by atoms with E-state index in [9.17, 15) is 4.79 Å². The van der Waals surface area contributed by atoms with Gasteiger partial charge in [-0.1, -0.05) is 24.3 Å². The SMILES string of the molecule is O=C(NC[C@@H]1CCCO1)c1cc(-c2cccs2)nn1-c1ccccc1. The highest BCUT2D eigenvalue weighted by Crippen LogP contribution is 2.25. The Morgan fingerprint density at radius 1 is 1.28 bits per heavy atom. The normalized spacial score (nSPS) is 16.9. The molecule has 6 heteroatoms. The van der Waals surface area contributed by atoms with Crippen molar-refractivity contribution >= 4 is 17.2 Å². The Labute approximate surface area is 150 Å². The molecule has 1 atom stereocenters. The fourth-order valence-corrected chi connectivity index (χ4v) is 3.64. The average molecular weight is 353 g/mol. The van der Waals surface area contributed by atoms with Gasteiger partial charge in [-0.25, -0.2) is 4.68 Å². The molecule has 2 aromatic heterocycles. The molecular weight excluding hydrogens is 334 g/mol. The number of thiophene rings is 1. The van der Waals surface area contributed by atoms with Crippen LogP contribution in [0.3, 0.4) is 0 Å². The van der Waals surface area contributed by atoms with Crippen LogP contribution in [-0.4, -0.2) is 34.9 Å². The molecule has 0 bridgehead atoms. The third-order valence-corrected chi connectivity index (χ3v) is 5.12. The number of aromatic nitrogens is 2. The first-order valence-electron chi connectivity index (χ1n) is 8.40. The zero-order chi connectivity index (χ0) is 17.1. The Hall–Kier alpha value is -2.44. The number of nitrogens with one attached hydrogen (secondary N) is 1. The van der Waals surface area contributed by atoms with Crippen LogP contribution in [0.4, 0.5) is 0 Å². The minimum atomic E-state index is -0.130. The summed E-state index contributed by atoms with van der Waals surface area (Å²) >= 11 is 1.61. The van der Waals surface area contributed by atoms with Gasteiger partial charge in [-0.2, -0.15) is 5.10 Å². The maximum absolute atomic E-state index is 12.8. The van der Waals surface area contributed by atoms with E-state index in [2.05, 4.69) is 10.4 Å². The molecule has 0 aliphatic carbocycles. The van der Waals surface area contributed by atoms with Gasteiger partial charge in [0.25, 0.3) is 5.91 Å². The molecule has 1 aromatic carbocycles. The van der Waals surface area contributed by atoms with Crippen LogP contribution < -0.4 is 5.32 Å². The van der Waals surface area contributed by atoms with Crippen molar-refractivity contribution in [2.75, 3.05) is 13.2 Å². The molecule has 1 saturated heterocycles. The van der Waals surface area contributed by atoms with E-state index < -0.39 is 0 Å². The number of amides is 1. The molecule has 1 aliphatic heterocycles. The molecule has 1 N–H and O–H groups in total. The largest absolute Gasteiger partial charge is 0.376 e. The van der Waals surface area contributed by atoms with Crippen LogP contribution in [0.25, 0.3) is 16.3 Å². The van der Waals surface area contributed by atoms with E-state index in [-0.39, 0.29) is 12.0 Å². The molecule has 3 aromatic rings. The number of hydrogen-bond acceptors (Lipinski definition) is 4. The molecule has 4 rings (SSSR count). The second kappa shape index (κ2) is 7.21. The monoisotopic (exact) mass is 353 g/mol. The Balaban J connectivity index is 1.63. The molecule has 0 unspecified atom stereocenters. The lowest BCUT2D eigenvalue weighted by molar-refractivity contribution is 0.0851. The second-order valence-electron chi connectivity index (χ2n) is 5.98. The van der Waals surface area contributed by atoms with E-state index in [0.29, 0.717) is 12.2 Å². The number of para-hydroxylation sites is 1. The minimum absolute atomic E-state index is 0.119. The highest BCUT2D eigenvalue weighted by atomic mass is 32.1. The lowest BCUT2D eigenvalue weighted by Gasteiger charge is -2.11. The van der Waals surface area contributed by atoms with Crippen molar-refractivity contribution in [2.45, 2.75) is 18.9 Å². The molecule has 0 saturated carbocycles. The van der Waals surface area contributed by atoms with Gasteiger partial charge in [0.1, 0.15) is 11.4 Å². The van der Waals surface area contributed by atoms with Gasteiger partial charge in [0, 0.05) is 13.2 Å². The number of rotatable bonds is 5. The smallest absolute Gasteiger partial charge is 0.270 e. The highest BCUT2D eigenvalue weighted by Gasteiger charge is 2.20. The van der Waals surface area contributed by atoms with Crippen LogP contribution in [0.2, 0.25) is 0 Å². The first-order valence-corrected chi connectivity index (χ1v) is 9.28. The Morgan fingerprint density at radius 2 is 2.16 bits per heavy atom. The summed E-state index contributed by atoms with van der Waals surface area (Å²) in [6.07, 6.45) is 2.18. The van der Waals surface area contributed by atoms with Crippen LogP contribution in [0.5, 0.6) is 0 Å². The predicted octanol–water partition coefficient (Wildman–Crippen LogP) is 3.51. The van der Waals surface area contributed by atoms with Gasteiger partial charge in [0.2, 0.25) is 0 Å². The van der Waals surface area contributed by atoms with Gasteiger partial charge in [-0.3, -0.25) is 4.79 Å². The topological polar surface area (TPSA) is 56.1 Å². The van der Waals surface area contributed by atoms with Crippen LogP contribution in [-0.2, 0) is 4.74 Å². The van der Waals surface area contributed by atoms with Crippen molar-refractivity contribution in [3.63, 3.8) is 0 Å². The second-order valence-corrected chi connectivity index (χ2v) is 6.93. The molecule has 1 amide bonds. The zero-order valence-corrected chi connectivity index (χ0v) is 14.5. The van der Waals surface area contributed by atoms with Gasteiger partial charge in [0.15, 0.2) is 0 Å². The Kier molecular flexibility index (Phi) is 4.63. The van der Waals surface area contributed by atoms with E-state index >= 15 is 0 Å². The van der Waals surface area contributed by atoms with Crippen molar-refractivity contribution in [2.24, 2.45) is 0 Å². The van der Waals surface area contributed by atoms with Crippen LogP contribution in [0.1, 0.15) is 23.3 Å². The highest BCUT2D eigenvalue weighted by molar-refractivity contribution is 7.13. The lowest BCUT2D eigenvalue weighted by Crippen LogP contribution is -2.33. The summed E-state index contributed by atoms with van der Waals surface area (Å²) in [6.45, 7) is 1.32. The first-order chi connectivity index (χ1) is 12.3. The van der Waals surface area contributed by atoms with Crippen molar-refractivity contribution < 1.29 is 9.53 Å². The summed E-state index contributed by atoms with van der Waals surface area (Å²) in [7, 11) is 0. The van der Waals surface area contributed by atoms with Gasteiger partial charge < -0.3 is 10.1 Å². The maximum Gasteiger partial charge on any atom is 0.270 e. The zero-order valence-electron chi connectivity index (χ0n) is 13.7. The fourth-order valence-electron chi connectivity index (χ4n) is 2.96. The minimum Gasteiger partial charge on any atom is -0.376 e. The van der Waals surface area contributed by atoms with E-state index in [4.69, 9.17) is 4.74 Å². The molecule has 0 spiro atoms. The average Bonchev–Trinajstić information content (AvgIpc) is 3.41. The molecule has 128 valence electrons. The Bertz CT molecular complexity index is 837. The standard InChI is InChI=1S/C19H19N3O2S/c23-19(20-13-15-8-4-10-24-15)17-12-16(18-9-5-11-25-18)21-22(17)14-6-2-1-3-7-14/h1-3,5-7,9,11-12,15H,4,8,10,13H2,(H,20,23)/t15-/m0/s1. The summed E-state index contributed by atoms with van der Waals surface area (Å²) in [4.78, 5) is 13.8. The fraction of sp³-hybridized carbons (Fsp3) is 0.263. The number of carbonyl (C=O) groups excluding carboxylic acids is 1. The third kappa shape index (κ3) is 3.50. The summed E-state index contributed by atoms with van der Waals surface area (Å²) in [5.41, 5.74) is 2.21. The summed E-state index contributed by atoms with van der Waals surface area (Å²) < 4.78 is 7.29. The number of hydrogen-bond donors (Lipinski definition) is 1. The first kappa shape index (κ1) is 16.1. The van der Waals surface area contributed by atoms with E-state index in [1.54, 1.807) is 16.0 Å². The van der Waals surface area contributed by atoms with Crippen molar-refractivity contribution in [1.82, 2.24) is 15.1 Å². The molecular formula is C19H19N3O2S. The maximum atomic E-state index is 12.8. The molecule has 3 heterocycles. The molecule has 0 radical (unpaired) electrons. The van der Waals surface area contributed by atoms with Gasteiger partial charge in [-0.05, 0) is 42.5 Å². The van der Waals surface area contributed by atoms with Gasteiger partial charge in [-0.15, -0.1) is 11.3 Å². The molecule has 25 heavy (non-hydrogen) atoms. The summed E-state index contributed by atoms with van der Waals surface area (Å²) in [6, 6.07) is 15.6. The van der Waals surface area contributed by atoms with E-state index in [1.807, 2.05) is 53.9 Å². The summed E-state index contributed by atoms with van der Waals surface area (Å²) in [5.74, 6) is -0.130. The lowest BCUT2D eigenvalue weighted by atomic mass is 10.2. The van der Waals surface area contributed by atoms with Crippen molar-refractivity contribution in [3.05, 3.63) is 59.6 Å². The van der Waals surface area contributed by atoms with Gasteiger partial charge >= 0.3 is 0 Å². The predicted molar refractivity (Wildman–Crippen MR) is 98.2 cm³/mol. The Morgan fingerprint density at radius 3 is 2.88 bits per heavy atom. The van der Waals surface area contributed by atoms with Crippen LogP contribution in [0, 0.1) is 0 Å². The number of benzene rings is 1. The van der Waals surface area contributed by atoms with Crippen molar-refractivity contribution in [3.8, 4) is 16.3 Å². The third-order valence-electron chi connectivity index (χ3n) is 4.23. The molecule has 5 nitrogen and oxygen atoms in total. The van der Waals surface area contributed by atoms with Gasteiger partial charge in [0.05, 0.1) is 16.7 Å². The quantitative estimate of drug-likeness (QED) is 0.764. The number of nitrogens with zero attached hydrogens (tertiary/aromatic N) is 2.